The van der Waals surface area contributed by atoms with E-state index in [1.807, 2.05) is 97.1 Å². The molecule has 0 bridgehead atoms. The van der Waals surface area contributed by atoms with Gasteiger partial charge in [-0.3, -0.25) is 0 Å². The first-order chi connectivity index (χ1) is 19.8. The van der Waals surface area contributed by atoms with E-state index in [-0.39, 0.29) is 0 Å². The highest BCUT2D eigenvalue weighted by molar-refractivity contribution is 7.80. The van der Waals surface area contributed by atoms with Crippen molar-refractivity contribution in [3.8, 4) is 0 Å². The minimum Gasteiger partial charge on any atom is -0.374 e. The lowest BCUT2D eigenvalue weighted by Crippen LogP contribution is -2.59. The van der Waals surface area contributed by atoms with Crippen LogP contribution in [0, 0.1) is 0 Å². The Bertz CT molecular complexity index is 1240. The number of rotatable bonds is 13. The number of hydrogen-bond donors (Lipinski definition) is 1. The van der Waals surface area contributed by atoms with Crippen LogP contribution in [0.5, 0.6) is 0 Å². The minimum atomic E-state index is -0.522. The predicted molar refractivity (Wildman–Crippen MR) is 159 cm³/mol. The lowest BCUT2D eigenvalue weighted by atomic mass is 9.98. The summed E-state index contributed by atoms with van der Waals surface area (Å²) in [6.45, 7) is 2.06. The van der Waals surface area contributed by atoms with Gasteiger partial charge >= 0.3 is 0 Å². The number of ether oxygens (including phenoxy) is 5. The Kier molecular flexibility index (Phi) is 10.8. The van der Waals surface area contributed by atoms with Gasteiger partial charge in [0, 0.05) is 0 Å². The monoisotopic (exact) mass is 556 g/mol. The largest absolute Gasteiger partial charge is 0.374 e. The maximum Gasteiger partial charge on any atom is 0.129 e. The van der Waals surface area contributed by atoms with Gasteiger partial charge in [0.25, 0.3) is 0 Å². The molecule has 0 spiro atoms. The molecular formula is C34H36O5S. The summed E-state index contributed by atoms with van der Waals surface area (Å²) in [4.78, 5) is 0. The first-order valence-corrected chi connectivity index (χ1v) is 14.2. The summed E-state index contributed by atoms with van der Waals surface area (Å²) in [6.07, 6.45) is -1.73. The molecular weight excluding hydrogens is 520 g/mol. The van der Waals surface area contributed by atoms with Crippen LogP contribution >= 0.6 is 12.6 Å². The Balaban J connectivity index is 1.36. The van der Waals surface area contributed by atoms with Gasteiger partial charge in [-0.05, 0) is 22.3 Å². The molecule has 0 aromatic heterocycles. The fourth-order valence-electron chi connectivity index (χ4n) is 4.77. The molecule has 1 unspecified atom stereocenters. The molecule has 1 saturated heterocycles. The first-order valence-electron chi connectivity index (χ1n) is 13.7. The average Bonchev–Trinajstić information content (AvgIpc) is 3.01. The molecule has 5 atom stereocenters. The fraction of sp³-hybridized carbons (Fsp3) is 0.294. The zero-order valence-electron chi connectivity index (χ0n) is 22.5. The molecule has 1 heterocycles. The summed E-state index contributed by atoms with van der Waals surface area (Å²) in [5.74, 6) is 0. The van der Waals surface area contributed by atoms with Crippen molar-refractivity contribution in [2.24, 2.45) is 0 Å². The molecule has 0 radical (unpaired) electrons. The SMILES string of the molecule is SC1O[C@H](COCc2ccccc2)[C@@H](OCc2ccccc2)[C@H](OCc2ccccc2)[C@@H]1OCc1ccccc1. The molecule has 0 aliphatic carbocycles. The molecule has 4 aromatic rings. The molecule has 208 valence electrons. The summed E-state index contributed by atoms with van der Waals surface area (Å²) >= 11 is 4.83. The standard InChI is InChI=1S/C34H36O5S/c40-34-33(38-24-29-19-11-4-12-20-29)32(37-23-28-17-9-3-10-18-28)31(36-22-27-15-7-2-8-16-27)30(39-34)25-35-21-26-13-5-1-6-14-26/h1-20,30-34,40H,21-25H2/t30-,31-,32+,33+,34?/m1/s1. The van der Waals surface area contributed by atoms with Crippen LogP contribution in [-0.4, -0.2) is 36.5 Å². The maximum absolute atomic E-state index is 6.60. The van der Waals surface area contributed by atoms with Crippen LogP contribution in [-0.2, 0) is 50.1 Å². The highest BCUT2D eigenvalue weighted by Gasteiger charge is 2.47. The van der Waals surface area contributed by atoms with E-state index >= 15 is 0 Å². The molecule has 5 nitrogen and oxygen atoms in total. The van der Waals surface area contributed by atoms with Gasteiger partial charge < -0.3 is 23.7 Å². The van der Waals surface area contributed by atoms with Crippen molar-refractivity contribution in [2.45, 2.75) is 56.3 Å². The molecule has 0 amide bonds. The Labute approximate surface area is 242 Å². The topological polar surface area (TPSA) is 46.2 Å². The quantitative estimate of drug-likeness (QED) is 0.188. The van der Waals surface area contributed by atoms with Gasteiger partial charge in [-0.25, -0.2) is 0 Å². The highest BCUT2D eigenvalue weighted by Crippen LogP contribution is 2.32. The van der Waals surface area contributed by atoms with E-state index < -0.39 is 29.9 Å². The predicted octanol–water partition coefficient (Wildman–Crippen LogP) is 6.61. The van der Waals surface area contributed by atoms with Crippen molar-refractivity contribution in [1.82, 2.24) is 0 Å². The van der Waals surface area contributed by atoms with Crippen molar-refractivity contribution in [3.05, 3.63) is 144 Å². The van der Waals surface area contributed by atoms with Crippen molar-refractivity contribution < 1.29 is 23.7 Å². The number of hydrogen-bond acceptors (Lipinski definition) is 6. The third kappa shape index (κ3) is 8.27. The van der Waals surface area contributed by atoms with Crippen molar-refractivity contribution >= 4 is 12.6 Å². The lowest BCUT2D eigenvalue weighted by Gasteiger charge is -2.45. The normalized spacial score (nSPS) is 22.7. The third-order valence-corrected chi connectivity index (χ3v) is 7.27. The van der Waals surface area contributed by atoms with Crippen LogP contribution in [0.3, 0.4) is 0 Å². The first kappa shape index (κ1) is 28.6. The summed E-state index contributed by atoms with van der Waals surface area (Å²) in [5.41, 5.74) is 3.79. The Morgan fingerprint density at radius 2 is 0.850 bits per heavy atom. The average molecular weight is 557 g/mol. The molecule has 4 aromatic carbocycles. The Morgan fingerprint density at radius 1 is 0.475 bits per heavy atom. The molecule has 0 N–H and O–H groups in total. The molecule has 40 heavy (non-hydrogen) atoms. The zero-order valence-corrected chi connectivity index (χ0v) is 23.4. The maximum atomic E-state index is 6.60. The van der Waals surface area contributed by atoms with Crippen LogP contribution in [0.25, 0.3) is 0 Å². The molecule has 5 rings (SSSR count). The molecule has 6 heteroatoms. The number of benzene rings is 4. The lowest BCUT2D eigenvalue weighted by molar-refractivity contribution is -0.254. The minimum absolute atomic E-state index is 0.335. The molecule has 0 saturated carbocycles. The second-order valence-electron chi connectivity index (χ2n) is 9.85. The highest BCUT2D eigenvalue weighted by atomic mass is 32.1. The van der Waals surface area contributed by atoms with Gasteiger partial charge in [0.1, 0.15) is 29.9 Å². The van der Waals surface area contributed by atoms with E-state index in [1.165, 1.54) is 0 Å². The van der Waals surface area contributed by atoms with Crippen molar-refractivity contribution in [2.75, 3.05) is 6.61 Å². The summed E-state index contributed by atoms with van der Waals surface area (Å²) < 4.78 is 32.2. The van der Waals surface area contributed by atoms with E-state index in [4.69, 9.17) is 36.3 Å². The molecule has 1 fully saturated rings. The summed E-state index contributed by atoms with van der Waals surface area (Å²) in [7, 11) is 0. The fourth-order valence-corrected chi connectivity index (χ4v) is 5.18. The second kappa shape index (κ2) is 15.1. The van der Waals surface area contributed by atoms with E-state index in [9.17, 15) is 0 Å². The zero-order chi connectivity index (χ0) is 27.4. The molecule has 1 aliphatic heterocycles. The van der Waals surface area contributed by atoms with Crippen molar-refractivity contribution in [1.29, 1.82) is 0 Å². The van der Waals surface area contributed by atoms with Crippen LogP contribution in [0.15, 0.2) is 121 Å². The van der Waals surface area contributed by atoms with Crippen molar-refractivity contribution in [3.63, 3.8) is 0 Å². The Morgan fingerprint density at radius 3 is 1.30 bits per heavy atom. The third-order valence-electron chi connectivity index (χ3n) is 6.86. The van der Waals surface area contributed by atoms with Gasteiger partial charge in [-0.1, -0.05) is 121 Å². The Hall–Kier alpha value is -2.97. The van der Waals surface area contributed by atoms with E-state index in [2.05, 4.69) is 24.3 Å². The summed E-state index contributed by atoms with van der Waals surface area (Å²) in [6, 6.07) is 40.4. The summed E-state index contributed by atoms with van der Waals surface area (Å²) in [5, 5.41) is 0. The van der Waals surface area contributed by atoms with Gasteiger partial charge in [0.05, 0.1) is 33.0 Å². The van der Waals surface area contributed by atoms with Crippen LogP contribution in [0.1, 0.15) is 22.3 Å². The number of thiol groups is 1. The van der Waals surface area contributed by atoms with Crippen LogP contribution in [0.4, 0.5) is 0 Å². The van der Waals surface area contributed by atoms with Gasteiger partial charge in [0.15, 0.2) is 0 Å². The smallest absolute Gasteiger partial charge is 0.129 e. The van der Waals surface area contributed by atoms with Crippen LogP contribution < -0.4 is 0 Å². The van der Waals surface area contributed by atoms with Gasteiger partial charge in [-0.2, -0.15) is 0 Å². The van der Waals surface area contributed by atoms with Gasteiger partial charge in [-0.15, -0.1) is 12.6 Å². The van der Waals surface area contributed by atoms with E-state index in [0.29, 0.717) is 33.0 Å². The van der Waals surface area contributed by atoms with Gasteiger partial charge in [0.2, 0.25) is 0 Å². The van der Waals surface area contributed by atoms with E-state index in [1.54, 1.807) is 0 Å². The van der Waals surface area contributed by atoms with E-state index in [0.717, 1.165) is 22.3 Å². The molecule has 1 aliphatic rings. The van der Waals surface area contributed by atoms with Crippen LogP contribution in [0.2, 0.25) is 0 Å². The second-order valence-corrected chi connectivity index (χ2v) is 10.4.